The number of amides is 2. The van der Waals surface area contributed by atoms with Crippen molar-refractivity contribution in [1.29, 1.82) is 0 Å². The number of rotatable bonds is 5. The summed E-state index contributed by atoms with van der Waals surface area (Å²) < 4.78 is 27.4. The van der Waals surface area contributed by atoms with E-state index in [9.17, 15) is 13.2 Å². The Morgan fingerprint density at radius 1 is 0.714 bits per heavy atom. The van der Waals surface area contributed by atoms with Crippen LogP contribution in [0.2, 0.25) is 10.0 Å². The molecular weight excluding hydrogens is 421 g/mol. The maximum atomic E-state index is 12.5. The van der Waals surface area contributed by atoms with Gasteiger partial charge < -0.3 is 10.6 Å². The smallest absolute Gasteiger partial charge is 0.308 e. The van der Waals surface area contributed by atoms with E-state index in [4.69, 9.17) is 23.2 Å². The molecule has 28 heavy (non-hydrogen) atoms. The molecule has 0 heterocycles. The lowest BCUT2D eigenvalue weighted by Gasteiger charge is -2.10. The Kier molecular flexibility index (Phi) is 6.08. The summed E-state index contributed by atoms with van der Waals surface area (Å²) in [4.78, 5) is 12.1. The van der Waals surface area contributed by atoms with E-state index in [1.54, 1.807) is 42.5 Å². The summed E-state index contributed by atoms with van der Waals surface area (Å²) in [6.07, 6.45) is 0. The maximum Gasteiger partial charge on any atom is 0.323 e. The summed E-state index contributed by atoms with van der Waals surface area (Å²) in [5, 5.41) is 6.18. The number of nitrogens with one attached hydrogen (secondary N) is 3. The van der Waals surface area contributed by atoms with Gasteiger partial charge >= 0.3 is 6.03 Å². The average molecular weight is 436 g/mol. The SMILES string of the molecule is O=C(Nc1ccc(S(=O)(=O)Nc2cccc(Cl)c2)cc1)Nc1cccc(Cl)c1. The van der Waals surface area contributed by atoms with Crippen molar-refractivity contribution in [2.75, 3.05) is 15.4 Å². The number of urea groups is 1. The van der Waals surface area contributed by atoms with Gasteiger partial charge in [-0.05, 0) is 60.7 Å². The van der Waals surface area contributed by atoms with Gasteiger partial charge in [-0.2, -0.15) is 0 Å². The van der Waals surface area contributed by atoms with Crippen molar-refractivity contribution >= 4 is 56.3 Å². The highest BCUT2D eigenvalue weighted by Crippen LogP contribution is 2.21. The van der Waals surface area contributed by atoms with Crippen LogP contribution in [0.5, 0.6) is 0 Å². The third-order valence-electron chi connectivity index (χ3n) is 3.58. The molecule has 0 unspecified atom stereocenters. The van der Waals surface area contributed by atoms with Crippen LogP contribution < -0.4 is 15.4 Å². The van der Waals surface area contributed by atoms with Crippen molar-refractivity contribution in [3.63, 3.8) is 0 Å². The second kappa shape index (κ2) is 8.52. The van der Waals surface area contributed by atoms with Crippen molar-refractivity contribution in [2.24, 2.45) is 0 Å². The molecule has 2 amide bonds. The Bertz CT molecular complexity index is 1100. The third-order valence-corrected chi connectivity index (χ3v) is 5.45. The highest BCUT2D eigenvalue weighted by molar-refractivity contribution is 7.92. The van der Waals surface area contributed by atoms with Crippen molar-refractivity contribution in [2.45, 2.75) is 4.90 Å². The van der Waals surface area contributed by atoms with Crippen LogP contribution in [0.15, 0.2) is 77.7 Å². The molecule has 0 aliphatic carbocycles. The zero-order valence-electron chi connectivity index (χ0n) is 14.3. The Hall–Kier alpha value is -2.74. The molecule has 144 valence electrons. The minimum atomic E-state index is -3.78. The predicted molar refractivity (Wildman–Crippen MR) is 113 cm³/mol. The molecule has 0 bridgehead atoms. The van der Waals surface area contributed by atoms with Crippen LogP contribution in [0.3, 0.4) is 0 Å². The van der Waals surface area contributed by atoms with Crippen molar-refractivity contribution in [3.05, 3.63) is 82.8 Å². The summed E-state index contributed by atoms with van der Waals surface area (Å²) in [5.41, 5.74) is 1.33. The second-order valence-corrected chi connectivity index (χ2v) is 8.28. The highest BCUT2D eigenvalue weighted by atomic mass is 35.5. The lowest BCUT2D eigenvalue weighted by atomic mass is 10.3. The van der Waals surface area contributed by atoms with E-state index in [-0.39, 0.29) is 4.90 Å². The van der Waals surface area contributed by atoms with Crippen molar-refractivity contribution in [3.8, 4) is 0 Å². The molecule has 3 N–H and O–H groups in total. The van der Waals surface area contributed by atoms with E-state index >= 15 is 0 Å². The molecule has 6 nitrogen and oxygen atoms in total. The summed E-state index contributed by atoms with van der Waals surface area (Å²) in [5.74, 6) is 0. The van der Waals surface area contributed by atoms with E-state index < -0.39 is 16.1 Å². The van der Waals surface area contributed by atoms with E-state index in [2.05, 4.69) is 15.4 Å². The van der Waals surface area contributed by atoms with Gasteiger partial charge in [-0.25, -0.2) is 13.2 Å². The summed E-state index contributed by atoms with van der Waals surface area (Å²) in [7, 11) is -3.78. The molecule has 0 aromatic heterocycles. The number of anilines is 3. The van der Waals surface area contributed by atoms with Gasteiger partial charge in [-0.15, -0.1) is 0 Å². The number of carbonyl (C=O) groups is 1. The normalized spacial score (nSPS) is 10.9. The van der Waals surface area contributed by atoms with E-state index in [0.717, 1.165) is 0 Å². The Balaban J connectivity index is 1.66. The fraction of sp³-hybridized carbons (Fsp3) is 0. The first kappa shape index (κ1) is 20.0. The first-order valence-corrected chi connectivity index (χ1v) is 10.3. The zero-order valence-corrected chi connectivity index (χ0v) is 16.6. The van der Waals surface area contributed by atoms with E-state index in [1.165, 1.54) is 30.3 Å². The van der Waals surface area contributed by atoms with Crippen molar-refractivity contribution in [1.82, 2.24) is 0 Å². The molecule has 0 aliphatic heterocycles. The summed E-state index contributed by atoms with van der Waals surface area (Å²) in [6, 6.07) is 18.4. The number of halogens is 2. The van der Waals surface area contributed by atoms with Crippen LogP contribution in [-0.4, -0.2) is 14.4 Å². The summed E-state index contributed by atoms with van der Waals surface area (Å²) in [6.45, 7) is 0. The zero-order chi connectivity index (χ0) is 20.1. The lowest BCUT2D eigenvalue weighted by molar-refractivity contribution is 0.262. The van der Waals surface area contributed by atoms with Gasteiger partial charge in [-0.1, -0.05) is 35.3 Å². The Morgan fingerprint density at radius 3 is 1.86 bits per heavy atom. The molecule has 0 spiro atoms. The van der Waals surface area contributed by atoms with Crippen LogP contribution in [0, 0.1) is 0 Å². The highest BCUT2D eigenvalue weighted by Gasteiger charge is 2.14. The molecule has 0 saturated heterocycles. The Labute approximate surface area is 172 Å². The van der Waals surface area contributed by atoms with Crippen LogP contribution in [0.1, 0.15) is 0 Å². The molecule has 0 saturated carbocycles. The van der Waals surface area contributed by atoms with Gasteiger partial charge in [0.2, 0.25) is 0 Å². The fourth-order valence-corrected chi connectivity index (χ4v) is 3.77. The predicted octanol–water partition coefficient (Wildman–Crippen LogP) is 5.44. The minimum Gasteiger partial charge on any atom is -0.308 e. The molecule has 3 rings (SSSR count). The molecule has 0 radical (unpaired) electrons. The minimum absolute atomic E-state index is 0.0493. The number of sulfonamides is 1. The van der Waals surface area contributed by atoms with E-state index in [1.807, 2.05) is 0 Å². The Morgan fingerprint density at radius 2 is 1.25 bits per heavy atom. The number of hydrogen-bond donors (Lipinski definition) is 3. The third kappa shape index (κ3) is 5.39. The molecule has 3 aromatic rings. The monoisotopic (exact) mass is 435 g/mol. The molecule has 0 atom stereocenters. The standard InChI is InChI=1S/C19H15Cl2N3O3S/c20-13-3-1-5-16(11-13)23-19(25)22-15-7-9-18(10-8-15)28(26,27)24-17-6-2-4-14(21)12-17/h1-12,24H,(H2,22,23,25). The number of benzene rings is 3. The molecule has 0 aliphatic rings. The van der Waals surface area contributed by atoms with Crippen LogP contribution >= 0.6 is 23.2 Å². The maximum absolute atomic E-state index is 12.5. The second-order valence-electron chi connectivity index (χ2n) is 5.73. The molecule has 3 aromatic carbocycles. The van der Waals surface area contributed by atoms with Gasteiger partial charge in [-0.3, -0.25) is 4.72 Å². The van der Waals surface area contributed by atoms with Gasteiger partial charge in [0.1, 0.15) is 0 Å². The molecular formula is C19H15Cl2N3O3S. The van der Waals surface area contributed by atoms with Crippen molar-refractivity contribution < 1.29 is 13.2 Å². The van der Waals surface area contributed by atoms with Gasteiger partial charge in [0.25, 0.3) is 10.0 Å². The van der Waals surface area contributed by atoms with Gasteiger partial charge in [0.15, 0.2) is 0 Å². The van der Waals surface area contributed by atoms with Crippen LogP contribution in [-0.2, 0) is 10.0 Å². The average Bonchev–Trinajstić information content (AvgIpc) is 2.61. The fourth-order valence-electron chi connectivity index (χ4n) is 2.34. The molecule has 9 heteroatoms. The summed E-state index contributed by atoms with van der Waals surface area (Å²) >= 11 is 11.7. The van der Waals surface area contributed by atoms with Gasteiger partial charge in [0, 0.05) is 21.4 Å². The van der Waals surface area contributed by atoms with Crippen LogP contribution in [0.4, 0.5) is 21.9 Å². The van der Waals surface area contributed by atoms with Crippen LogP contribution in [0.25, 0.3) is 0 Å². The quantitative estimate of drug-likeness (QED) is 0.498. The number of carbonyl (C=O) groups excluding carboxylic acids is 1. The first-order valence-electron chi connectivity index (χ1n) is 8.04. The first-order chi connectivity index (χ1) is 13.3. The lowest BCUT2D eigenvalue weighted by Crippen LogP contribution is -2.19. The largest absolute Gasteiger partial charge is 0.323 e. The topological polar surface area (TPSA) is 87.3 Å². The van der Waals surface area contributed by atoms with E-state index in [0.29, 0.717) is 27.1 Å². The van der Waals surface area contributed by atoms with Gasteiger partial charge in [0.05, 0.1) is 10.6 Å². The number of hydrogen-bond acceptors (Lipinski definition) is 3. The molecule has 0 fully saturated rings.